The molecule has 1 aromatic carbocycles. The summed E-state index contributed by atoms with van der Waals surface area (Å²) in [6, 6.07) is 4.20. The molecule has 0 atom stereocenters. The number of anilines is 1. The lowest BCUT2D eigenvalue weighted by atomic mass is 10.3. The van der Waals surface area contributed by atoms with Crippen LogP contribution in [0.2, 0.25) is 0 Å². The summed E-state index contributed by atoms with van der Waals surface area (Å²) in [6.07, 6.45) is -0.828. The van der Waals surface area contributed by atoms with Gasteiger partial charge in [0.1, 0.15) is 0 Å². The Labute approximate surface area is 99.7 Å². The molecular formula is C12H16FNO3. The molecule has 0 fully saturated rings. The Morgan fingerprint density at radius 2 is 2.18 bits per heavy atom. The second kappa shape index (κ2) is 6.08. The first-order valence-electron chi connectivity index (χ1n) is 5.43. The van der Waals surface area contributed by atoms with Crippen molar-refractivity contribution in [2.45, 2.75) is 26.9 Å². The fraction of sp³-hybridized carbons (Fsp3) is 0.417. The molecule has 0 saturated heterocycles. The second-order valence-corrected chi connectivity index (χ2v) is 3.66. The third-order valence-electron chi connectivity index (χ3n) is 1.82. The minimum Gasteiger partial charge on any atom is -0.491 e. The summed E-state index contributed by atoms with van der Waals surface area (Å²) in [5, 5.41) is 2.43. The summed E-state index contributed by atoms with van der Waals surface area (Å²) in [6.45, 7) is 5.63. The first-order valence-corrected chi connectivity index (χ1v) is 5.43. The summed E-state index contributed by atoms with van der Waals surface area (Å²) >= 11 is 0. The predicted molar refractivity (Wildman–Crippen MR) is 62.8 cm³/mol. The van der Waals surface area contributed by atoms with Crippen LogP contribution in [0.25, 0.3) is 0 Å². The van der Waals surface area contributed by atoms with Crippen LogP contribution in [0.3, 0.4) is 0 Å². The van der Waals surface area contributed by atoms with Gasteiger partial charge in [-0.3, -0.25) is 5.32 Å². The maximum Gasteiger partial charge on any atom is 0.411 e. The monoisotopic (exact) mass is 241 g/mol. The van der Waals surface area contributed by atoms with Gasteiger partial charge in [0.15, 0.2) is 11.6 Å². The predicted octanol–water partition coefficient (Wildman–Crippen LogP) is 3.18. The molecule has 0 radical (unpaired) electrons. The number of halogens is 1. The summed E-state index contributed by atoms with van der Waals surface area (Å²) in [5.74, 6) is -0.357. The van der Waals surface area contributed by atoms with Crippen LogP contribution in [0, 0.1) is 5.82 Å². The van der Waals surface area contributed by atoms with E-state index in [0.29, 0.717) is 12.3 Å². The maximum atomic E-state index is 13.4. The minimum atomic E-state index is -0.608. The lowest BCUT2D eigenvalue weighted by Crippen LogP contribution is -2.18. The van der Waals surface area contributed by atoms with E-state index in [4.69, 9.17) is 9.47 Å². The molecule has 0 aliphatic carbocycles. The van der Waals surface area contributed by atoms with Crippen LogP contribution in [0.1, 0.15) is 20.8 Å². The van der Waals surface area contributed by atoms with Gasteiger partial charge in [-0.15, -0.1) is 0 Å². The van der Waals surface area contributed by atoms with E-state index in [0.717, 1.165) is 0 Å². The van der Waals surface area contributed by atoms with Crippen molar-refractivity contribution in [3.8, 4) is 5.75 Å². The molecule has 0 spiro atoms. The second-order valence-electron chi connectivity index (χ2n) is 3.66. The van der Waals surface area contributed by atoms with Gasteiger partial charge in [0.2, 0.25) is 0 Å². The normalized spacial score (nSPS) is 10.2. The first-order chi connectivity index (χ1) is 8.02. The van der Waals surface area contributed by atoms with Crippen molar-refractivity contribution in [2.75, 3.05) is 11.9 Å². The van der Waals surface area contributed by atoms with Crippen LogP contribution in [0.15, 0.2) is 18.2 Å². The van der Waals surface area contributed by atoms with Crippen molar-refractivity contribution in [1.82, 2.24) is 0 Å². The molecule has 0 aromatic heterocycles. The van der Waals surface area contributed by atoms with E-state index in [2.05, 4.69) is 5.32 Å². The molecule has 5 heteroatoms. The number of hydrogen-bond acceptors (Lipinski definition) is 3. The van der Waals surface area contributed by atoms with E-state index in [-0.39, 0.29) is 11.9 Å². The minimum absolute atomic E-state index is 0.162. The van der Waals surface area contributed by atoms with Gasteiger partial charge >= 0.3 is 6.09 Å². The standard InChI is InChI=1S/C12H16FNO3/c1-4-16-11-6-5-9(7-10(11)13)14-12(15)17-8(2)3/h5-8H,4H2,1-3H3,(H,14,15). The third kappa shape index (κ3) is 4.30. The number of carbonyl (C=O) groups excluding carboxylic acids is 1. The number of nitrogens with one attached hydrogen (secondary N) is 1. The van der Waals surface area contributed by atoms with E-state index in [9.17, 15) is 9.18 Å². The molecule has 4 nitrogen and oxygen atoms in total. The van der Waals surface area contributed by atoms with Crippen LogP contribution in [-0.2, 0) is 4.74 Å². The molecule has 1 N–H and O–H groups in total. The molecule has 0 heterocycles. The fourth-order valence-electron chi connectivity index (χ4n) is 1.21. The van der Waals surface area contributed by atoms with Gasteiger partial charge in [-0.25, -0.2) is 9.18 Å². The van der Waals surface area contributed by atoms with Gasteiger partial charge in [-0.1, -0.05) is 0 Å². The van der Waals surface area contributed by atoms with Gasteiger partial charge in [0.25, 0.3) is 0 Å². The van der Waals surface area contributed by atoms with Crippen LogP contribution < -0.4 is 10.1 Å². The average molecular weight is 241 g/mol. The summed E-state index contributed by atoms with van der Waals surface area (Å²) in [5.41, 5.74) is 0.330. The van der Waals surface area contributed by atoms with Gasteiger partial charge in [-0.2, -0.15) is 0 Å². The molecule has 0 aliphatic rings. The Kier molecular flexibility index (Phi) is 4.75. The van der Waals surface area contributed by atoms with Crippen molar-refractivity contribution in [3.05, 3.63) is 24.0 Å². The zero-order valence-electron chi connectivity index (χ0n) is 10.1. The largest absolute Gasteiger partial charge is 0.491 e. The molecule has 0 saturated carbocycles. The molecule has 0 unspecified atom stereocenters. The SMILES string of the molecule is CCOc1ccc(NC(=O)OC(C)C)cc1F. The Hall–Kier alpha value is -1.78. The van der Waals surface area contributed by atoms with Gasteiger partial charge in [0.05, 0.1) is 12.7 Å². The van der Waals surface area contributed by atoms with Crippen LogP contribution in [0.4, 0.5) is 14.9 Å². The smallest absolute Gasteiger partial charge is 0.411 e. The molecule has 0 bridgehead atoms. The number of carbonyl (C=O) groups is 1. The lowest BCUT2D eigenvalue weighted by Gasteiger charge is -2.10. The molecule has 0 aliphatic heterocycles. The van der Waals surface area contributed by atoms with E-state index < -0.39 is 11.9 Å². The highest BCUT2D eigenvalue weighted by atomic mass is 19.1. The molecule has 94 valence electrons. The molecule has 17 heavy (non-hydrogen) atoms. The fourth-order valence-corrected chi connectivity index (χ4v) is 1.21. The van der Waals surface area contributed by atoms with Crippen molar-refractivity contribution in [2.24, 2.45) is 0 Å². The Balaban J connectivity index is 2.67. The van der Waals surface area contributed by atoms with Crippen molar-refractivity contribution < 1.29 is 18.7 Å². The summed E-state index contributed by atoms with van der Waals surface area (Å²) in [4.78, 5) is 11.3. The summed E-state index contributed by atoms with van der Waals surface area (Å²) < 4.78 is 23.3. The number of ether oxygens (including phenoxy) is 2. The quantitative estimate of drug-likeness (QED) is 0.880. The zero-order chi connectivity index (χ0) is 12.8. The van der Waals surface area contributed by atoms with E-state index in [1.54, 1.807) is 26.8 Å². The van der Waals surface area contributed by atoms with E-state index in [1.165, 1.54) is 12.1 Å². The van der Waals surface area contributed by atoms with Gasteiger partial charge < -0.3 is 9.47 Å². The van der Waals surface area contributed by atoms with E-state index in [1.807, 2.05) is 0 Å². The highest BCUT2D eigenvalue weighted by Gasteiger charge is 2.08. The number of hydrogen-bond donors (Lipinski definition) is 1. The highest BCUT2D eigenvalue weighted by molar-refractivity contribution is 5.84. The molecular weight excluding hydrogens is 225 g/mol. The Morgan fingerprint density at radius 3 is 2.71 bits per heavy atom. The van der Waals surface area contributed by atoms with Gasteiger partial charge in [-0.05, 0) is 32.9 Å². The lowest BCUT2D eigenvalue weighted by molar-refractivity contribution is 0.130. The van der Waals surface area contributed by atoms with Gasteiger partial charge in [0, 0.05) is 11.8 Å². The Bertz CT molecular complexity index is 393. The molecule has 1 amide bonds. The Morgan fingerprint density at radius 1 is 1.47 bits per heavy atom. The van der Waals surface area contributed by atoms with Crippen molar-refractivity contribution in [1.29, 1.82) is 0 Å². The van der Waals surface area contributed by atoms with Crippen LogP contribution in [0.5, 0.6) is 5.75 Å². The maximum absolute atomic E-state index is 13.4. The first kappa shape index (κ1) is 13.3. The van der Waals surface area contributed by atoms with Crippen LogP contribution in [-0.4, -0.2) is 18.8 Å². The molecule has 1 aromatic rings. The average Bonchev–Trinajstić information content (AvgIpc) is 2.21. The van der Waals surface area contributed by atoms with Crippen molar-refractivity contribution >= 4 is 11.8 Å². The van der Waals surface area contributed by atoms with E-state index >= 15 is 0 Å². The van der Waals surface area contributed by atoms with Crippen molar-refractivity contribution in [3.63, 3.8) is 0 Å². The number of rotatable bonds is 4. The molecule has 1 rings (SSSR count). The van der Waals surface area contributed by atoms with Crippen LogP contribution >= 0.6 is 0 Å². The zero-order valence-corrected chi connectivity index (χ0v) is 10.1. The third-order valence-corrected chi connectivity index (χ3v) is 1.82. The number of amides is 1. The topological polar surface area (TPSA) is 47.6 Å². The highest BCUT2D eigenvalue weighted by Crippen LogP contribution is 2.21. The summed E-state index contributed by atoms with van der Waals surface area (Å²) in [7, 11) is 0. The number of benzene rings is 1.